The minimum Gasteiger partial charge on any atom is -0.481 e. The number of aryl methyl sites for hydroxylation is 1. The van der Waals surface area contributed by atoms with Crippen LogP contribution in [0, 0.1) is 6.92 Å². The van der Waals surface area contributed by atoms with E-state index in [1.165, 1.54) is 12.7 Å². The fraction of sp³-hybridized carbons (Fsp3) is 0.346. The lowest BCUT2D eigenvalue weighted by Crippen LogP contribution is -2.31. The number of carbonyl (C=O) groups excluding carboxylic acids is 1. The van der Waals surface area contributed by atoms with E-state index in [4.69, 9.17) is 9.15 Å². The Kier molecular flexibility index (Phi) is 7.15. The van der Waals surface area contributed by atoms with Crippen molar-refractivity contribution >= 4 is 33.2 Å². The smallest absolute Gasteiger partial charge is 0.273 e. The molecule has 8 nitrogen and oxygen atoms in total. The first-order valence-corrected chi connectivity index (χ1v) is 13.4. The van der Waals surface area contributed by atoms with E-state index in [-0.39, 0.29) is 23.6 Å². The van der Waals surface area contributed by atoms with E-state index in [1.807, 2.05) is 30.0 Å². The summed E-state index contributed by atoms with van der Waals surface area (Å²) in [6, 6.07) is 13.5. The third kappa shape index (κ3) is 5.05. The topological polar surface area (TPSA) is 94.2 Å². The summed E-state index contributed by atoms with van der Waals surface area (Å²) >= 11 is 5.12. The highest BCUT2D eigenvalue weighted by molar-refractivity contribution is 9.11. The van der Waals surface area contributed by atoms with Crippen molar-refractivity contribution in [1.82, 2.24) is 25.1 Å². The van der Waals surface area contributed by atoms with Gasteiger partial charge in [-0.1, -0.05) is 37.3 Å². The van der Waals surface area contributed by atoms with Crippen molar-refractivity contribution in [3.63, 3.8) is 0 Å². The number of rotatable bonds is 7. The number of benzene rings is 1. The molecule has 0 aliphatic carbocycles. The third-order valence-electron chi connectivity index (χ3n) is 6.28. The van der Waals surface area contributed by atoms with Crippen molar-refractivity contribution in [2.24, 2.45) is 0 Å². The fourth-order valence-electron chi connectivity index (χ4n) is 4.40. The Hall–Kier alpha value is -3.11. The summed E-state index contributed by atoms with van der Waals surface area (Å²) in [6.07, 6.45) is 2.57. The molecule has 0 radical (unpaired) electrons. The van der Waals surface area contributed by atoms with Gasteiger partial charge in [0.2, 0.25) is 17.7 Å². The molecule has 1 fully saturated rings. The van der Waals surface area contributed by atoms with Crippen molar-refractivity contribution in [3.8, 4) is 17.3 Å². The molecular formula is C26H26BrN5O3S. The lowest BCUT2D eigenvalue weighted by molar-refractivity contribution is 0.0728. The molecule has 0 unspecified atom stereocenters. The van der Waals surface area contributed by atoms with Crippen LogP contribution in [0.5, 0.6) is 5.88 Å². The van der Waals surface area contributed by atoms with E-state index < -0.39 is 0 Å². The molecule has 1 amide bonds. The standard InChI is InChI=1S/C26H26BrN5O3S/c1-15(12-17-8-5-4-6-9-17)23-30-31-24(35-23)18-13-19(29-21(14-18)34-3)26(33)32-11-7-10-20(32)25-28-16(2)22(27)36-25/h4-6,8-9,13-15,20H,7,10-12H2,1-3H3/t15-,20-/m1/s1. The zero-order valence-electron chi connectivity index (χ0n) is 20.3. The van der Waals surface area contributed by atoms with Gasteiger partial charge in [0.15, 0.2) is 0 Å². The Morgan fingerprint density at radius 3 is 2.78 bits per heavy atom. The molecule has 36 heavy (non-hydrogen) atoms. The zero-order chi connectivity index (χ0) is 25.2. The maximum atomic E-state index is 13.6. The molecule has 2 atom stereocenters. The Morgan fingerprint density at radius 2 is 2.06 bits per heavy atom. The first-order chi connectivity index (χ1) is 17.4. The Labute approximate surface area is 221 Å². The molecule has 10 heteroatoms. The largest absolute Gasteiger partial charge is 0.481 e. The molecule has 5 rings (SSSR count). The van der Waals surface area contributed by atoms with Crippen LogP contribution < -0.4 is 4.74 Å². The van der Waals surface area contributed by atoms with Gasteiger partial charge in [-0.25, -0.2) is 9.97 Å². The highest BCUT2D eigenvalue weighted by atomic mass is 79.9. The number of carbonyl (C=O) groups is 1. The number of halogens is 1. The van der Waals surface area contributed by atoms with E-state index in [0.29, 0.717) is 29.8 Å². The number of likely N-dealkylation sites (tertiary alicyclic amines) is 1. The van der Waals surface area contributed by atoms with Crippen molar-refractivity contribution in [3.05, 3.63) is 74.1 Å². The van der Waals surface area contributed by atoms with Crippen LogP contribution in [0.1, 0.15) is 64.4 Å². The van der Waals surface area contributed by atoms with Gasteiger partial charge in [0, 0.05) is 24.1 Å². The van der Waals surface area contributed by atoms with E-state index in [0.717, 1.165) is 33.8 Å². The quantitative estimate of drug-likeness (QED) is 0.270. The van der Waals surface area contributed by atoms with Crippen molar-refractivity contribution in [2.75, 3.05) is 13.7 Å². The van der Waals surface area contributed by atoms with Gasteiger partial charge in [0.05, 0.1) is 22.6 Å². The van der Waals surface area contributed by atoms with Gasteiger partial charge < -0.3 is 14.1 Å². The van der Waals surface area contributed by atoms with Gasteiger partial charge in [0.25, 0.3) is 5.91 Å². The molecule has 0 bridgehead atoms. The highest BCUT2D eigenvalue weighted by Gasteiger charge is 2.34. The molecule has 0 spiro atoms. The summed E-state index contributed by atoms with van der Waals surface area (Å²) in [5, 5.41) is 9.47. The van der Waals surface area contributed by atoms with Gasteiger partial charge >= 0.3 is 0 Å². The van der Waals surface area contributed by atoms with Gasteiger partial charge in [0.1, 0.15) is 10.7 Å². The summed E-state index contributed by atoms with van der Waals surface area (Å²) in [6.45, 7) is 4.66. The number of methoxy groups -OCH3 is 1. The number of thiazole rings is 1. The maximum absolute atomic E-state index is 13.6. The van der Waals surface area contributed by atoms with Gasteiger partial charge in [-0.3, -0.25) is 4.79 Å². The molecule has 3 aromatic heterocycles. The summed E-state index contributed by atoms with van der Waals surface area (Å²) < 4.78 is 12.4. The van der Waals surface area contributed by atoms with Crippen LogP contribution in [0.2, 0.25) is 0 Å². The summed E-state index contributed by atoms with van der Waals surface area (Å²) in [4.78, 5) is 24.5. The Bertz CT molecular complexity index is 1350. The molecule has 4 aromatic rings. The van der Waals surface area contributed by atoms with Crippen molar-refractivity contribution in [2.45, 2.75) is 45.1 Å². The van der Waals surface area contributed by atoms with Crippen LogP contribution >= 0.6 is 27.3 Å². The van der Waals surface area contributed by atoms with Crippen LogP contribution in [-0.2, 0) is 6.42 Å². The zero-order valence-corrected chi connectivity index (χ0v) is 22.7. The number of nitrogens with zero attached hydrogens (tertiary/aromatic N) is 5. The minimum atomic E-state index is -0.168. The molecule has 1 aromatic carbocycles. The summed E-state index contributed by atoms with van der Waals surface area (Å²) in [5.41, 5.74) is 3.01. The van der Waals surface area contributed by atoms with Crippen LogP contribution in [-0.4, -0.2) is 44.6 Å². The van der Waals surface area contributed by atoms with Crippen LogP contribution in [0.3, 0.4) is 0 Å². The molecular weight excluding hydrogens is 542 g/mol. The highest BCUT2D eigenvalue weighted by Crippen LogP contribution is 2.38. The number of hydrogen-bond donors (Lipinski definition) is 0. The molecule has 0 N–H and O–H groups in total. The second-order valence-electron chi connectivity index (χ2n) is 8.89. The first-order valence-electron chi connectivity index (χ1n) is 11.8. The van der Waals surface area contributed by atoms with Crippen LogP contribution in [0.4, 0.5) is 0 Å². The Morgan fingerprint density at radius 1 is 1.25 bits per heavy atom. The van der Waals surface area contributed by atoms with Crippen molar-refractivity contribution in [1.29, 1.82) is 0 Å². The number of pyridine rings is 1. The second-order valence-corrected chi connectivity index (χ2v) is 11.2. The molecule has 1 saturated heterocycles. The predicted molar refractivity (Wildman–Crippen MR) is 140 cm³/mol. The maximum Gasteiger partial charge on any atom is 0.273 e. The third-order valence-corrected chi connectivity index (χ3v) is 8.39. The number of amides is 1. The monoisotopic (exact) mass is 567 g/mol. The number of hydrogen-bond acceptors (Lipinski definition) is 8. The van der Waals surface area contributed by atoms with Gasteiger partial charge in [-0.2, -0.15) is 0 Å². The van der Waals surface area contributed by atoms with Gasteiger partial charge in [-0.15, -0.1) is 21.5 Å². The lowest BCUT2D eigenvalue weighted by Gasteiger charge is -2.23. The van der Waals surface area contributed by atoms with E-state index in [2.05, 4.69) is 55.2 Å². The minimum absolute atomic E-state index is 0.0462. The number of aromatic nitrogens is 4. The Balaban J connectivity index is 1.40. The normalized spacial score (nSPS) is 16.3. The number of ether oxygens (including phenoxy) is 1. The van der Waals surface area contributed by atoms with E-state index in [9.17, 15) is 4.79 Å². The average molecular weight is 568 g/mol. The van der Waals surface area contributed by atoms with E-state index >= 15 is 0 Å². The molecule has 4 heterocycles. The fourth-order valence-corrected chi connectivity index (χ4v) is 5.93. The molecule has 186 valence electrons. The lowest BCUT2D eigenvalue weighted by atomic mass is 10.0. The summed E-state index contributed by atoms with van der Waals surface area (Å²) in [7, 11) is 1.52. The molecule has 0 saturated carbocycles. The SMILES string of the molecule is COc1cc(-c2nnc([C@H](C)Cc3ccccc3)o2)cc(C(=O)N2CCC[C@@H]2c2nc(C)c(Br)s2)n1. The van der Waals surface area contributed by atoms with E-state index in [1.54, 1.807) is 23.5 Å². The molecule has 1 aliphatic heterocycles. The summed E-state index contributed by atoms with van der Waals surface area (Å²) in [5.74, 6) is 1.07. The first kappa shape index (κ1) is 24.6. The molecule has 1 aliphatic rings. The average Bonchev–Trinajstić information content (AvgIpc) is 3.64. The predicted octanol–water partition coefficient (Wildman–Crippen LogP) is 5.99. The van der Waals surface area contributed by atoms with Crippen LogP contribution in [0.15, 0.2) is 50.7 Å². The van der Waals surface area contributed by atoms with Crippen LogP contribution in [0.25, 0.3) is 11.5 Å². The second kappa shape index (κ2) is 10.5. The van der Waals surface area contributed by atoms with Gasteiger partial charge in [-0.05, 0) is 53.7 Å². The van der Waals surface area contributed by atoms with Crippen molar-refractivity contribution < 1.29 is 13.9 Å².